The number of unbranched alkanes of at least 4 members (excludes halogenated alkanes) is 15. The van der Waals surface area contributed by atoms with Crippen molar-refractivity contribution >= 4 is 0 Å². The molecule has 0 aromatic carbocycles. The van der Waals surface area contributed by atoms with Gasteiger partial charge in [-0.15, -0.1) is 0 Å². The average molecular weight is 491 g/mol. The molecule has 1 heterocycles. The second kappa shape index (κ2) is 23.5. The standard InChI is InChI=1S/C31H62N4/c1-5-9-12-14-16-18-20-22-25-34(26-23-21-19-17-15-13-10-6-2)29-35-28-32-31(33-35)27-30(8-4)24-11-7-3/h28,30H,5-27,29H2,1-4H3. The largest absolute Gasteiger partial charge is 0.284 e. The summed E-state index contributed by atoms with van der Waals surface area (Å²) in [5.41, 5.74) is 0. The van der Waals surface area contributed by atoms with E-state index < -0.39 is 0 Å². The molecular formula is C31H62N4. The van der Waals surface area contributed by atoms with E-state index in [0.29, 0.717) is 0 Å². The van der Waals surface area contributed by atoms with Crippen LogP contribution in [0.5, 0.6) is 0 Å². The fraction of sp³-hybridized carbons (Fsp3) is 0.935. The molecule has 206 valence electrons. The van der Waals surface area contributed by atoms with Crippen molar-refractivity contribution in [3.63, 3.8) is 0 Å². The highest BCUT2D eigenvalue weighted by molar-refractivity contribution is 4.84. The van der Waals surface area contributed by atoms with Crippen LogP contribution in [-0.4, -0.2) is 32.8 Å². The topological polar surface area (TPSA) is 34.0 Å². The van der Waals surface area contributed by atoms with Gasteiger partial charge in [-0.25, -0.2) is 9.67 Å². The molecule has 0 spiro atoms. The fourth-order valence-corrected chi connectivity index (χ4v) is 5.09. The zero-order chi connectivity index (χ0) is 25.4. The van der Waals surface area contributed by atoms with E-state index in [-0.39, 0.29) is 0 Å². The van der Waals surface area contributed by atoms with E-state index >= 15 is 0 Å². The minimum absolute atomic E-state index is 0.733. The number of hydrogen-bond donors (Lipinski definition) is 0. The Kier molecular flexibility index (Phi) is 21.6. The third kappa shape index (κ3) is 18.1. The Balaban J connectivity index is 2.42. The second-order valence-electron chi connectivity index (χ2n) is 11.0. The van der Waals surface area contributed by atoms with Gasteiger partial charge >= 0.3 is 0 Å². The molecular weight excluding hydrogens is 428 g/mol. The number of rotatable bonds is 26. The quantitative estimate of drug-likeness (QED) is 0.121. The molecule has 0 aliphatic heterocycles. The van der Waals surface area contributed by atoms with Crippen LogP contribution in [0.2, 0.25) is 0 Å². The van der Waals surface area contributed by atoms with Crippen molar-refractivity contribution in [2.75, 3.05) is 13.1 Å². The van der Waals surface area contributed by atoms with Crippen molar-refractivity contribution in [2.45, 2.75) is 169 Å². The molecule has 0 radical (unpaired) electrons. The van der Waals surface area contributed by atoms with Gasteiger partial charge in [0.15, 0.2) is 5.82 Å². The first kappa shape index (κ1) is 32.1. The molecule has 1 unspecified atom stereocenters. The lowest BCUT2D eigenvalue weighted by atomic mass is 9.96. The lowest BCUT2D eigenvalue weighted by molar-refractivity contribution is 0.197. The SMILES string of the molecule is CCCCCCCCCCN(CCCCCCCCCC)Cn1cnc(CC(CC)CCCC)n1. The predicted molar refractivity (Wildman–Crippen MR) is 154 cm³/mol. The molecule has 35 heavy (non-hydrogen) atoms. The van der Waals surface area contributed by atoms with Gasteiger partial charge in [-0.05, 0) is 31.8 Å². The summed E-state index contributed by atoms with van der Waals surface area (Å²) in [5.74, 6) is 1.78. The van der Waals surface area contributed by atoms with Gasteiger partial charge < -0.3 is 0 Å². The van der Waals surface area contributed by atoms with Gasteiger partial charge in [0.1, 0.15) is 6.33 Å². The summed E-state index contributed by atoms with van der Waals surface area (Å²) in [6, 6.07) is 0. The highest BCUT2D eigenvalue weighted by Gasteiger charge is 2.12. The smallest absolute Gasteiger partial charge is 0.150 e. The summed E-state index contributed by atoms with van der Waals surface area (Å²) in [7, 11) is 0. The van der Waals surface area contributed by atoms with Crippen LogP contribution in [0, 0.1) is 5.92 Å². The van der Waals surface area contributed by atoms with Gasteiger partial charge in [0.2, 0.25) is 0 Å². The zero-order valence-electron chi connectivity index (χ0n) is 24.4. The summed E-state index contributed by atoms with van der Waals surface area (Å²) in [6.07, 6.45) is 30.4. The van der Waals surface area contributed by atoms with Crippen LogP contribution in [0.1, 0.15) is 162 Å². The van der Waals surface area contributed by atoms with Gasteiger partial charge in [0, 0.05) is 6.42 Å². The van der Waals surface area contributed by atoms with Crippen LogP contribution in [0.15, 0.2) is 6.33 Å². The third-order valence-electron chi connectivity index (χ3n) is 7.60. The van der Waals surface area contributed by atoms with Crippen molar-refractivity contribution in [3.05, 3.63) is 12.2 Å². The number of aromatic nitrogens is 3. The Morgan fingerprint density at radius 3 is 1.63 bits per heavy atom. The van der Waals surface area contributed by atoms with Crippen molar-refractivity contribution in [3.8, 4) is 0 Å². The Morgan fingerprint density at radius 2 is 1.14 bits per heavy atom. The third-order valence-corrected chi connectivity index (χ3v) is 7.60. The van der Waals surface area contributed by atoms with Gasteiger partial charge in [-0.2, -0.15) is 5.10 Å². The molecule has 1 atom stereocenters. The van der Waals surface area contributed by atoms with Crippen molar-refractivity contribution in [1.82, 2.24) is 19.7 Å². The highest BCUT2D eigenvalue weighted by atomic mass is 15.4. The van der Waals surface area contributed by atoms with E-state index in [2.05, 4.69) is 42.3 Å². The van der Waals surface area contributed by atoms with Crippen molar-refractivity contribution in [1.29, 1.82) is 0 Å². The molecule has 0 amide bonds. The number of hydrogen-bond acceptors (Lipinski definition) is 3. The Morgan fingerprint density at radius 1 is 0.657 bits per heavy atom. The molecule has 0 bridgehead atoms. The second-order valence-corrected chi connectivity index (χ2v) is 11.0. The first-order valence-electron chi connectivity index (χ1n) is 15.8. The van der Waals surface area contributed by atoms with E-state index in [0.717, 1.165) is 24.8 Å². The Hall–Kier alpha value is -0.900. The molecule has 0 N–H and O–H groups in total. The summed E-state index contributed by atoms with van der Waals surface area (Å²) in [5, 5.41) is 4.88. The zero-order valence-corrected chi connectivity index (χ0v) is 24.4. The van der Waals surface area contributed by atoms with E-state index in [1.54, 1.807) is 0 Å². The van der Waals surface area contributed by atoms with Gasteiger partial charge in [0.05, 0.1) is 6.67 Å². The summed E-state index contributed by atoms with van der Waals surface area (Å²) < 4.78 is 2.11. The minimum Gasteiger partial charge on any atom is -0.284 e. The lowest BCUT2D eigenvalue weighted by Crippen LogP contribution is -2.29. The van der Waals surface area contributed by atoms with Crippen molar-refractivity contribution < 1.29 is 0 Å². The molecule has 1 rings (SSSR count). The van der Waals surface area contributed by atoms with Gasteiger partial charge in [-0.1, -0.05) is 143 Å². The lowest BCUT2D eigenvalue weighted by Gasteiger charge is -2.22. The average Bonchev–Trinajstić information content (AvgIpc) is 3.31. The first-order valence-corrected chi connectivity index (χ1v) is 15.8. The summed E-state index contributed by atoms with van der Waals surface area (Å²) in [6.45, 7) is 12.5. The highest BCUT2D eigenvalue weighted by Crippen LogP contribution is 2.17. The summed E-state index contributed by atoms with van der Waals surface area (Å²) in [4.78, 5) is 7.32. The molecule has 1 aromatic heterocycles. The molecule has 1 aromatic rings. The van der Waals surface area contributed by atoms with Crippen molar-refractivity contribution in [2.24, 2.45) is 5.92 Å². The molecule has 0 saturated heterocycles. The molecule has 0 aliphatic carbocycles. The van der Waals surface area contributed by atoms with Crippen LogP contribution in [-0.2, 0) is 13.1 Å². The maximum atomic E-state index is 4.88. The van der Waals surface area contributed by atoms with Crippen LogP contribution in [0.25, 0.3) is 0 Å². The summed E-state index contributed by atoms with van der Waals surface area (Å²) >= 11 is 0. The van der Waals surface area contributed by atoms with Crippen LogP contribution in [0.3, 0.4) is 0 Å². The van der Waals surface area contributed by atoms with Crippen LogP contribution in [0.4, 0.5) is 0 Å². The molecule has 0 fully saturated rings. The maximum absolute atomic E-state index is 4.88. The van der Waals surface area contributed by atoms with Crippen LogP contribution < -0.4 is 0 Å². The first-order chi connectivity index (χ1) is 17.2. The maximum Gasteiger partial charge on any atom is 0.150 e. The monoisotopic (exact) mass is 490 g/mol. The van der Waals surface area contributed by atoms with Gasteiger partial charge in [-0.3, -0.25) is 4.90 Å². The Labute approximate surface area is 220 Å². The predicted octanol–water partition coefficient (Wildman–Crippen LogP) is 9.58. The van der Waals surface area contributed by atoms with Crippen LogP contribution >= 0.6 is 0 Å². The molecule has 4 heteroatoms. The molecule has 0 saturated carbocycles. The van der Waals surface area contributed by atoms with E-state index in [4.69, 9.17) is 5.10 Å². The normalized spacial score (nSPS) is 12.6. The Bertz CT molecular complexity index is 536. The van der Waals surface area contributed by atoms with Gasteiger partial charge in [0.25, 0.3) is 0 Å². The minimum atomic E-state index is 0.733. The van der Waals surface area contributed by atoms with E-state index in [9.17, 15) is 0 Å². The number of nitrogens with zero attached hydrogens (tertiary/aromatic N) is 4. The molecule has 0 aliphatic rings. The molecule has 4 nitrogen and oxygen atoms in total. The van der Waals surface area contributed by atoms with E-state index in [1.807, 2.05) is 6.33 Å². The fourth-order valence-electron chi connectivity index (χ4n) is 5.09. The van der Waals surface area contributed by atoms with E-state index in [1.165, 1.54) is 142 Å².